The van der Waals surface area contributed by atoms with Crippen LogP contribution in [-0.4, -0.2) is 184 Å². The van der Waals surface area contributed by atoms with Gasteiger partial charge in [0, 0.05) is 71.4 Å². The Morgan fingerprint density at radius 1 is 0.938 bits per heavy atom. The molecule has 9 atom stereocenters. The Morgan fingerprint density at radius 2 is 1.60 bits per heavy atom. The lowest BCUT2D eigenvalue weighted by molar-refractivity contribution is -0.166. The van der Waals surface area contributed by atoms with Crippen molar-refractivity contribution in [2.75, 3.05) is 90.3 Å². The molecule has 1 aromatic rings. The van der Waals surface area contributed by atoms with Crippen LogP contribution in [0, 0.1) is 18.8 Å². The van der Waals surface area contributed by atoms with Gasteiger partial charge < -0.3 is 58.1 Å². The molecule has 4 aliphatic heterocycles. The number of imide groups is 1. The second kappa shape index (κ2) is 33.8. The highest BCUT2D eigenvalue weighted by Gasteiger charge is 2.64. The molecule has 23 nitrogen and oxygen atoms in total. The maximum Gasteiger partial charge on any atom is 0.409 e. The summed E-state index contributed by atoms with van der Waals surface area (Å²) in [5.41, 5.74) is 2.39. The van der Waals surface area contributed by atoms with E-state index < -0.39 is 76.8 Å². The zero-order chi connectivity index (χ0) is 59.9. The smallest absolute Gasteiger partial charge is 0.409 e. The van der Waals surface area contributed by atoms with Gasteiger partial charge in [0.25, 0.3) is 0 Å². The number of benzene rings is 1. The summed E-state index contributed by atoms with van der Waals surface area (Å²) in [6.07, 6.45) is 2.34. The van der Waals surface area contributed by atoms with E-state index in [-0.39, 0.29) is 75.5 Å². The first-order chi connectivity index (χ1) is 38.4. The molecule has 454 valence electrons. The number of aryl methyl sites for hydroxylation is 1. The first kappa shape index (κ1) is 68.3. The Labute approximate surface area is 484 Å². The van der Waals surface area contributed by atoms with Crippen molar-refractivity contribution in [3.8, 4) is 0 Å². The molecule has 0 spiro atoms. The number of anilines is 1. The number of likely N-dealkylation sites (tertiary alicyclic amines) is 1. The molecule has 6 amide bonds. The molecular formula is C56H84ClN5O18S. The monoisotopic (exact) mass is 1180 g/mol. The van der Waals surface area contributed by atoms with Crippen molar-refractivity contribution < 1.29 is 86.2 Å². The number of allylic oxidation sites excluding steroid dienone is 3. The molecular weight excluding hydrogens is 1100 g/mol. The van der Waals surface area contributed by atoms with Crippen molar-refractivity contribution in [1.82, 2.24) is 21.0 Å². The Morgan fingerprint density at radius 3 is 2.26 bits per heavy atom. The van der Waals surface area contributed by atoms with Gasteiger partial charge in [0.15, 0.2) is 6.10 Å². The van der Waals surface area contributed by atoms with Crippen LogP contribution in [0.2, 0.25) is 5.02 Å². The second-order valence-corrected chi connectivity index (χ2v) is 22.1. The number of rotatable bonds is 25. The third-order valence-corrected chi connectivity index (χ3v) is 15.7. The summed E-state index contributed by atoms with van der Waals surface area (Å²) >= 11 is 8.11. The van der Waals surface area contributed by atoms with Gasteiger partial charge in [-0.1, -0.05) is 55.3 Å². The van der Waals surface area contributed by atoms with Crippen LogP contribution < -0.4 is 21.0 Å². The molecule has 1 aromatic carbocycles. The standard InChI is InChI=1S/C43H59ClN4O11S.C13H25NO7/c1-9-45-34(49)14-15-48-36(51)21-32(39(48)52)60-17-11-16-56-28(6)40(53)58-33-22-35(50)47(8)30-20-29(19-25(3)37(30)44)18-24(2)12-10-13-26(4)43(55)23-31(57-41(54)46-43)27(5)38-42(33,7)59-38;1-3-17-6-7-19-10-11-20-9-8-18-5-4-13(16)21-14-12(2)15/h10,12-13,19-20,26-28,31-33,38,55H,9,11,14-18,21-23H2,1-8H3,(H,45,49)(H,46,54);3-11H2,1-2H3,(H,14,15)/b13-10+,24-12+;/t26-,27-,28+,31?,32?,33+,38+,42+,43+;/m1./s1. The third kappa shape index (κ3) is 21.8. The first-order valence-corrected chi connectivity index (χ1v) is 29.0. The number of thioether (sulfide) groups is 1. The van der Waals surface area contributed by atoms with Crippen molar-refractivity contribution in [3.05, 3.63) is 52.1 Å². The van der Waals surface area contributed by atoms with E-state index >= 15 is 0 Å². The second-order valence-electron chi connectivity index (χ2n) is 20.4. The fourth-order valence-corrected chi connectivity index (χ4v) is 10.4. The number of ether oxygens (including phenoxy) is 8. The van der Waals surface area contributed by atoms with Crippen LogP contribution in [0.4, 0.5) is 10.5 Å². The number of nitrogens with zero attached hydrogens (tertiary/aromatic N) is 2. The molecule has 81 heavy (non-hydrogen) atoms. The number of carbonyl (C=O) groups is 8. The molecule has 25 heteroatoms. The van der Waals surface area contributed by atoms with E-state index in [2.05, 4.69) is 15.5 Å². The number of fused-ring (bicyclic) bond motifs is 5. The molecule has 0 saturated carbocycles. The number of hydrogen-bond donors (Lipinski definition) is 4. The molecule has 4 N–H and O–H groups in total. The molecule has 4 bridgehead atoms. The van der Waals surface area contributed by atoms with Gasteiger partial charge in [-0.25, -0.2) is 14.4 Å². The van der Waals surface area contributed by atoms with Crippen molar-refractivity contribution in [2.45, 2.75) is 148 Å². The van der Waals surface area contributed by atoms with Crippen LogP contribution in [0.1, 0.15) is 105 Å². The average molecular weight is 1180 g/mol. The summed E-state index contributed by atoms with van der Waals surface area (Å²) in [5.74, 6) is -3.40. The zero-order valence-corrected chi connectivity index (χ0v) is 50.0. The number of hydrogen-bond acceptors (Lipinski definition) is 19. The van der Waals surface area contributed by atoms with Crippen LogP contribution in [0.3, 0.4) is 0 Å². The van der Waals surface area contributed by atoms with E-state index in [1.165, 1.54) is 23.6 Å². The number of carbonyl (C=O) groups excluding carboxylic acids is 8. The highest BCUT2D eigenvalue weighted by molar-refractivity contribution is 8.00. The van der Waals surface area contributed by atoms with E-state index in [0.29, 0.717) is 82.1 Å². The van der Waals surface area contributed by atoms with E-state index in [1.54, 1.807) is 27.8 Å². The minimum atomic E-state index is -1.61. The predicted molar refractivity (Wildman–Crippen MR) is 300 cm³/mol. The maximum absolute atomic E-state index is 14.1. The van der Waals surface area contributed by atoms with Crippen molar-refractivity contribution >= 4 is 76.6 Å². The number of amides is 6. The maximum atomic E-state index is 14.1. The summed E-state index contributed by atoms with van der Waals surface area (Å²) in [6.45, 7) is 20.3. The minimum Gasteiger partial charge on any atom is -0.457 e. The van der Waals surface area contributed by atoms with E-state index in [0.717, 1.165) is 21.6 Å². The SMILES string of the molecule is CCNC(=O)CCN1C(=O)CC(SCCCO[C@@H](C)C(=O)O[C@H]2CC(=O)N(C)c3cc(cc(C)c3Cl)C/C(C)=C/C=C/[C@@H](C)[C@@]3(O)CC(OC(=O)N3)[C@@H](C)[C@@H]3O[C@@]23C)C1=O.CCOCCOCCOCCOCCC(=O)ONC(C)=O. The average Bonchev–Trinajstić information content (AvgIpc) is 4.08. The first-order valence-electron chi connectivity index (χ1n) is 27.5. The molecule has 4 heterocycles. The minimum absolute atomic E-state index is 0.0417. The van der Waals surface area contributed by atoms with Crippen LogP contribution >= 0.6 is 23.4 Å². The fourth-order valence-electron chi connectivity index (χ4n) is 9.05. The van der Waals surface area contributed by atoms with Crippen LogP contribution in [0.15, 0.2) is 35.9 Å². The van der Waals surface area contributed by atoms with Gasteiger partial charge in [-0.2, -0.15) is 5.48 Å². The number of halogens is 1. The molecule has 0 aromatic heterocycles. The highest BCUT2D eigenvalue weighted by atomic mass is 35.5. The summed E-state index contributed by atoms with van der Waals surface area (Å²) in [6, 6.07) is 3.83. The number of nitrogens with one attached hydrogen (secondary N) is 3. The molecule has 0 radical (unpaired) electrons. The van der Waals surface area contributed by atoms with Crippen LogP contribution in [0.5, 0.6) is 0 Å². The zero-order valence-electron chi connectivity index (χ0n) is 48.4. The van der Waals surface area contributed by atoms with E-state index in [4.69, 9.17) is 49.5 Å². The summed E-state index contributed by atoms with van der Waals surface area (Å²) in [7, 11) is 1.62. The molecule has 3 fully saturated rings. The van der Waals surface area contributed by atoms with Gasteiger partial charge in [0.2, 0.25) is 29.5 Å². The largest absolute Gasteiger partial charge is 0.457 e. The molecule has 3 saturated heterocycles. The van der Waals surface area contributed by atoms with E-state index in [1.807, 2.05) is 70.5 Å². The Bertz CT molecular complexity index is 2380. The lowest BCUT2D eigenvalue weighted by atomic mass is 9.82. The number of epoxide rings is 1. The Balaban J connectivity index is 0.000000568. The number of alkyl carbamates (subject to hydrolysis) is 1. The van der Waals surface area contributed by atoms with Gasteiger partial charge in [-0.15, -0.1) is 11.8 Å². The Hall–Kier alpha value is -5.18. The molecule has 4 aliphatic rings. The van der Waals surface area contributed by atoms with Gasteiger partial charge in [-0.05, 0) is 77.3 Å². The molecule has 5 rings (SSSR count). The van der Waals surface area contributed by atoms with Gasteiger partial charge >= 0.3 is 18.0 Å². The normalized spacial score (nSPS) is 26.1. The quantitative estimate of drug-likeness (QED) is 0.0255. The van der Waals surface area contributed by atoms with Crippen molar-refractivity contribution in [3.63, 3.8) is 0 Å². The summed E-state index contributed by atoms with van der Waals surface area (Å²) in [4.78, 5) is 106. The van der Waals surface area contributed by atoms with Crippen molar-refractivity contribution in [2.24, 2.45) is 11.8 Å². The number of esters is 1. The van der Waals surface area contributed by atoms with Gasteiger partial charge in [0.05, 0.1) is 81.2 Å². The fraction of sp³-hybridized carbons (Fsp3) is 0.679. The van der Waals surface area contributed by atoms with Crippen molar-refractivity contribution in [1.29, 1.82) is 0 Å². The number of aliphatic hydroxyl groups is 1. The van der Waals surface area contributed by atoms with Gasteiger partial charge in [0.1, 0.15) is 23.5 Å². The van der Waals surface area contributed by atoms with E-state index in [9.17, 15) is 43.5 Å². The summed E-state index contributed by atoms with van der Waals surface area (Å²) < 4.78 is 44.7. The lowest BCUT2D eigenvalue weighted by Crippen LogP contribution is -2.60. The third-order valence-electron chi connectivity index (χ3n) is 13.9. The Kier molecular flexibility index (Phi) is 28.5. The van der Waals surface area contributed by atoms with Crippen LogP contribution in [0.25, 0.3) is 0 Å². The molecule has 2 unspecified atom stereocenters. The van der Waals surface area contributed by atoms with Gasteiger partial charge in [-0.3, -0.25) is 34.2 Å². The molecule has 0 aliphatic carbocycles. The number of hydroxylamine groups is 1. The lowest BCUT2D eigenvalue weighted by Gasteiger charge is -2.41. The summed E-state index contributed by atoms with van der Waals surface area (Å²) in [5, 5.41) is 16.8. The van der Waals surface area contributed by atoms with Crippen LogP contribution in [-0.2, 0) is 82.7 Å². The highest BCUT2D eigenvalue weighted by Crippen LogP contribution is 2.49. The predicted octanol–water partition coefficient (Wildman–Crippen LogP) is 4.83. The topological polar surface area (TPSA) is 286 Å².